The molecule has 0 fully saturated rings. The van der Waals surface area contributed by atoms with Crippen molar-refractivity contribution < 1.29 is 0 Å². The summed E-state index contributed by atoms with van der Waals surface area (Å²) in [6, 6.07) is 19.1. The molecule has 2 N–H and O–H groups in total. The first kappa shape index (κ1) is 18.5. The van der Waals surface area contributed by atoms with Crippen molar-refractivity contribution in [1.29, 1.82) is 0 Å². The zero-order chi connectivity index (χ0) is 18.1. The van der Waals surface area contributed by atoms with E-state index >= 15 is 0 Å². The molecular formula is C23H26N2. The summed E-state index contributed by atoms with van der Waals surface area (Å²) in [4.78, 5) is 2.30. The van der Waals surface area contributed by atoms with Gasteiger partial charge >= 0.3 is 0 Å². The fraction of sp³-hybridized carbons (Fsp3) is 0.130. The zero-order valence-corrected chi connectivity index (χ0v) is 15.0. The Hall–Kier alpha value is -2.84. The van der Waals surface area contributed by atoms with Gasteiger partial charge < -0.3 is 10.6 Å². The number of hydrogen-bond donors (Lipinski definition) is 1. The molecule has 0 heterocycles. The molecule has 0 radical (unpaired) electrons. The Morgan fingerprint density at radius 3 is 2.24 bits per heavy atom. The van der Waals surface area contributed by atoms with Gasteiger partial charge in [-0.05, 0) is 56.3 Å². The molecule has 1 aliphatic rings. The van der Waals surface area contributed by atoms with Gasteiger partial charge in [0.05, 0.1) is 0 Å². The minimum atomic E-state index is 0.924. The van der Waals surface area contributed by atoms with E-state index in [0.717, 1.165) is 12.1 Å². The number of nitrogens with two attached hydrogens (primary N) is 1. The summed E-state index contributed by atoms with van der Waals surface area (Å²) in [6.07, 6.45) is 11.4. The Morgan fingerprint density at radius 1 is 0.960 bits per heavy atom. The quantitative estimate of drug-likeness (QED) is 0.783. The highest BCUT2D eigenvalue weighted by Gasteiger charge is 2.18. The Morgan fingerprint density at radius 2 is 1.60 bits per heavy atom. The largest absolute Gasteiger partial charge is 0.333 e. The molecule has 0 unspecified atom stereocenters. The number of aryl methyl sites for hydroxylation is 1. The summed E-state index contributed by atoms with van der Waals surface area (Å²) in [5, 5.41) is 0. The summed E-state index contributed by atoms with van der Waals surface area (Å²) in [5.41, 5.74) is 10.6. The molecule has 3 rings (SSSR count). The third kappa shape index (κ3) is 4.59. The molecule has 2 nitrogen and oxygen atoms in total. The number of nitrogens with zero attached hydrogens (tertiary/aromatic N) is 1. The number of rotatable bonds is 4. The lowest BCUT2D eigenvalue weighted by Crippen LogP contribution is -2.19. The van der Waals surface area contributed by atoms with Crippen LogP contribution in [-0.2, 0) is 0 Å². The molecule has 0 aliphatic heterocycles. The van der Waals surface area contributed by atoms with Crippen molar-refractivity contribution >= 4 is 11.4 Å². The minimum absolute atomic E-state index is 0.924. The van der Waals surface area contributed by atoms with Gasteiger partial charge in [-0.3, -0.25) is 0 Å². The van der Waals surface area contributed by atoms with Gasteiger partial charge in [-0.1, -0.05) is 66.8 Å². The highest BCUT2D eigenvalue weighted by atomic mass is 15.1. The van der Waals surface area contributed by atoms with Crippen molar-refractivity contribution in [2.75, 3.05) is 11.9 Å². The first-order valence-electron chi connectivity index (χ1n) is 8.48. The van der Waals surface area contributed by atoms with Crippen molar-refractivity contribution in [2.24, 2.45) is 5.73 Å². The lowest BCUT2D eigenvalue weighted by molar-refractivity contribution is 1.09. The van der Waals surface area contributed by atoms with Crippen molar-refractivity contribution in [3.8, 4) is 0 Å². The Balaban J connectivity index is 0.00000109. The van der Waals surface area contributed by atoms with Gasteiger partial charge in [0.15, 0.2) is 0 Å². The number of para-hydroxylation sites is 1. The highest BCUT2D eigenvalue weighted by molar-refractivity contribution is 5.72. The van der Waals surface area contributed by atoms with E-state index in [9.17, 15) is 0 Å². The van der Waals surface area contributed by atoms with Crippen molar-refractivity contribution in [2.45, 2.75) is 13.3 Å². The van der Waals surface area contributed by atoms with Crippen LogP contribution in [0.15, 0.2) is 103 Å². The van der Waals surface area contributed by atoms with Crippen LogP contribution >= 0.6 is 0 Å². The summed E-state index contributed by atoms with van der Waals surface area (Å²) in [5.74, 6) is 0. The van der Waals surface area contributed by atoms with Gasteiger partial charge in [0, 0.05) is 17.1 Å². The standard InChI is InChI=1S/C22H21N.CH5N/c1-3-9-19-10-7-8-13-22(19)23(20-11-5-4-6-12-20)21-16-14-18(2)15-17-21;1-2/h3-9,11-17H,1,10H2,2H3;2H2,1H3/b19-9+;. The summed E-state index contributed by atoms with van der Waals surface area (Å²) in [7, 11) is 1.50. The van der Waals surface area contributed by atoms with E-state index in [-0.39, 0.29) is 0 Å². The molecule has 0 bridgehead atoms. The molecule has 1 aliphatic carbocycles. The molecule has 128 valence electrons. The lowest BCUT2D eigenvalue weighted by atomic mass is 10.0. The topological polar surface area (TPSA) is 29.3 Å². The Labute approximate surface area is 151 Å². The van der Waals surface area contributed by atoms with E-state index in [1.807, 2.05) is 12.1 Å². The van der Waals surface area contributed by atoms with E-state index in [4.69, 9.17) is 0 Å². The average Bonchev–Trinajstić information content (AvgIpc) is 2.68. The van der Waals surface area contributed by atoms with E-state index in [1.165, 1.54) is 29.6 Å². The minimum Gasteiger partial charge on any atom is -0.333 e. The van der Waals surface area contributed by atoms with Gasteiger partial charge in [-0.2, -0.15) is 0 Å². The SMILES string of the molecule is C=C/C=C1\CC=CC=C1N(c1ccccc1)c1ccc(C)cc1.CN. The summed E-state index contributed by atoms with van der Waals surface area (Å²) in [6.45, 7) is 5.97. The van der Waals surface area contributed by atoms with Crippen molar-refractivity contribution in [3.63, 3.8) is 0 Å². The molecule has 2 aromatic carbocycles. The molecule has 0 spiro atoms. The summed E-state index contributed by atoms with van der Waals surface area (Å²) >= 11 is 0. The molecule has 0 atom stereocenters. The predicted octanol–water partition coefficient (Wildman–Crippen LogP) is 5.66. The zero-order valence-electron chi connectivity index (χ0n) is 15.0. The first-order valence-corrected chi connectivity index (χ1v) is 8.48. The maximum atomic E-state index is 4.50. The number of hydrogen-bond acceptors (Lipinski definition) is 2. The fourth-order valence-electron chi connectivity index (χ4n) is 2.78. The molecule has 0 saturated carbocycles. The average molecular weight is 330 g/mol. The van der Waals surface area contributed by atoms with E-state index in [0.29, 0.717) is 0 Å². The van der Waals surface area contributed by atoms with E-state index in [2.05, 4.69) is 97.0 Å². The van der Waals surface area contributed by atoms with Crippen molar-refractivity contribution in [1.82, 2.24) is 0 Å². The van der Waals surface area contributed by atoms with Crippen LogP contribution < -0.4 is 10.6 Å². The van der Waals surface area contributed by atoms with Crippen LogP contribution in [0.2, 0.25) is 0 Å². The molecule has 0 amide bonds. The second kappa shape index (κ2) is 9.45. The Bertz CT molecular complexity index is 765. The third-order valence-electron chi connectivity index (χ3n) is 3.92. The van der Waals surface area contributed by atoms with Crippen LogP contribution in [0.25, 0.3) is 0 Å². The molecule has 25 heavy (non-hydrogen) atoms. The molecule has 0 saturated heterocycles. The maximum absolute atomic E-state index is 4.50. The molecule has 2 aromatic rings. The van der Waals surface area contributed by atoms with E-state index < -0.39 is 0 Å². The van der Waals surface area contributed by atoms with Crippen LogP contribution in [0.1, 0.15) is 12.0 Å². The highest BCUT2D eigenvalue weighted by Crippen LogP contribution is 2.35. The first-order chi connectivity index (χ1) is 12.3. The van der Waals surface area contributed by atoms with Crippen LogP contribution in [0, 0.1) is 6.92 Å². The van der Waals surface area contributed by atoms with Crippen LogP contribution in [0.5, 0.6) is 0 Å². The van der Waals surface area contributed by atoms with Gasteiger partial charge in [-0.25, -0.2) is 0 Å². The second-order valence-corrected chi connectivity index (χ2v) is 5.62. The third-order valence-corrected chi connectivity index (χ3v) is 3.92. The summed E-state index contributed by atoms with van der Waals surface area (Å²) < 4.78 is 0. The molecular weight excluding hydrogens is 304 g/mol. The normalized spacial score (nSPS) is 14.4. The van der Waals surface area contributed by atoms with Gasteiger partial charge in [0.1, 0.15) is 0 Å². The molecule has 2 heteroatoms. The fourth-order valence-corrected chi connectivity index (χ4v) is 2.78. The maximum Gasteiger partial charge on any atom is 0.0496 e. The Kier molecular flexibility index (Phi) is 7.00. The predicted molar refractivity (Wildman–Crippen MR) is 110 cm³/mol. The number of benzene rings is 2. The van der Waals surface area contributed by atoms with Crippen LogP contribution in [0.4, 0.5) is 11.4 Å². The number of allylic oxidation sites excluding steroid dienone is 6. The number of anilines is 2. The van der Waals surface area contributed by atoms with E-state index in [1.54, 1.807) is 0 Å². The molecule has 0 aromatic heterocycles. The van der Waals surface area contributed by atoms with Gasteiger partial charge in [0.2, 0.25) is 0 Å². The van der Waals surface area contributed by atoms with Gasteiger partial charge in [0.25, 0.3) is 0 Å². The lowest BCUT2D eigenvalue weighted by Gasteiger charge is -2.30. The van der Waals surface area contributed by atoms with Gasteiger partial charge in [-0.15, -0.1) is 0 Å². The van der Waals surface area contributed by atoms with Crippen LogP contribution in [-0.4, -0.2) is 7.05 Å². The van der Waals surface area contributed by atoms with Crippen LogP contribution in [0.3, 0.4) is 0 Å². The monoisotopic (exact) mass is 330 g/mol. The smallest absolute Gasteiger partial charge is 0.0496 e. The second-order valence-electron chi connectivity index (χ2n) is 5.62. The van der Waals surface area contributed by atoms with Crippen molar-refractivity contribution in [3.05, 3.63) is 108 Å².